The van der Waals surface area contributed by atoms with Crippen LogP contribution in [0.5, 0.6) is 0 Å². The van der Waals surface area contributed by atoms with Gasteiger partial charge in [-0.3, -0.25) is 0 Å². The summed E-state index contributed by atoms with van der Waals surface area (Å²) in [6.45, 7) is 6.26. The maximum atomic E-state index is 15.1. The number of benzene rings is 2. The molecule has 0 unspecified atom stereocenters. The summed E-state index contributed by atoms with van der Waals surface area (Å²) < 4.78 is 22.6. The smallest absolute Gasteiger partial charge is 0.393 e. The molecule has 5 rings (SSSR count). The highest BCUT2D eigenvalue weighted by molar-refractivity contribution is 7.97. The van der Waals surface area contributed by atoms with Crippen LogP contribution in [0.3, 0.4) is 0 Å². The molecule has 3 aromatic rings. The lowest BCUT2D eigenvalue weighted by Gasteiger charge is -2.48. The third kappa shape index (κ3) is 4.15. The fraction of sp³-hybridized carbons (Fsp3) is 0.417. The van der Waals surface area contributed by atoms with Crippen LogP contribution in [0, 0.1) is 19.7 Å². The van der Waals surface area contributed by atoms with Crippen LogP contribution in [-0.4, -0.2) is 38.4 Å². The number of anilines is 1. The minimum absolute atomic E-state index is 0.148. The molecule has 0 spiro atoms. The predicted octanol–water partition coefficient (Wildman–Crippen LogP) is 4.93. The average Bonchev–Trinajstić information content (AvgIpc) is 3.20. The molecule has 1 aliphatic heterocycles. The Balaban J connectivity index is 1.59. The Bertz CT molecular complexity index is 1280. The van der Waals surface area contributed by atoms with Crippen molar-refractivity contribution in [1.29, 1.82) is 0 Å². The van der Waals surface area contributed by atoms with Crippen LogP contribution in [-0.2, 0) is 0 Å². The number of aromatic nitrogens is 2. The summed E-state index contributed by atoms with van der Waals surface area (Å²) in [7, 11) is 0. The van der Waals surface area contributed by atoms with Gasteiger partial charge >= 0.3 is 5.76 Å². The van der Waals surface area contributed by atoms with Crippen LogP contribution in [0.25, 0.3) is 0 Å². The summed E-state index contributed by atoms with van der Waals surface area (Å²) in [4.78, 5) is 15.1. The summed E-state index contributed by atoms with van der Waals surface area (Å²) >= 11 is 7.82. The number of nitrogens with one attached hydrogen (secondary N) is 1. The first-order valence-corrected chi connectivity index (χ1v) is 12.4. The Morgan fingerprint density at radius 1 is 1.29 bits per heavy atom. The molecule has 1 aliphatic carbocycles. The molecule has 0 radical (unpaired) electrons. The molecule has 0 amide bonds. The number of aliphatic hydroxyl groups is 1. The topological polar surface area (TPSA) is 85.6 Å². The zero-order valence-corrected chi connectivity index (χ0v) is 20.7. The highest BCUT2D eigenvalue weighted by atomic mass is 35.5. The standard InChI is InChI=1S/C24H26ClFN4O3S/c1-12-4-6-18(26)21(13(12)2)14(3)22(23-27-28-24(32)33-23)30-11-29(16-9-17(31)10-16)19-8-15(25)5-7-20(19)34-30/h4-8,14,16-17,22,31H,9-11H2,1-3H3,(H,28,32)/t14-,16?,17?,22+/m1/s1. The molecular weight excluding hydrogens is 479 g/mol. The van der Waals surface area contributed by atoms with E-state index in [1.165, 1.54) is 18.0 Å². The quantitative estimate of drug-likeness (QED) is 0.476. The molecule has 10 heteroatoms. The normalized spacial score (nSPS) is 22.2. The Hall–Kier alpha value is -2.33. The molecule has 1 saturated carbocycles. The lowest BCUT2D eigenvalue weighted by Crippen LogP contribution is -2.52. The van der Waals surface area contributed by atoms with Crippen molar-refractivity contribution in [2.45, 2.75) is 62.6 Å². The van der Waals surface area contributed by atoms with Gasteiger partial charge in [0.05, 0.1) is 18.5 Å². The van der Waals surface area contributed by atoms with E-state index in [1.807, 2.05) is 39.0 Å². The highest BCUT2D eigenvalue weighted by Crippen LogP contribution is 2.49. The van der Waals surface area contributed by atoms with Crippen molar-refractivity contribution in [1.82, 2.24) is 14.5 Å². The molecule has 7 nitrogen and oxygen atoms in total. The number of aliphatic hydroxyl groups excluding tert-OH is 1. The van der Waals surface area contributed by atoms with Crippen molar-refractivity contribution in [3.8, 4) is 0 Å². The number of hydrogen-bond donors (Lipinski definition) is 2. The van der Waals surface area contributed by atoms with Gasteiger partial charge < -0.3 is 14.4 Å². The fourth-order valence-electron chi connectivity index (χ4n) is 4.92. The van der Waals surface area contributed by atoms with Crippen LogP contribution >= 0.6 is 23.5 Å². The zero-order valence-electron chi connectivity index (χ0n) is 19.1. The maximum absolute atomic E-state index is 15.1. The molecule has 1 aromatic heterocycles. The molecular formula is C24H26ClFN4O3S. The van der Waals surface area contributed by atoms with Crippen LogP contribution in [0.15, 0.2) is 44.4 Å². The molecule has 0 saturated heterocycles. The molecule has 2 N–H and O–H groups in total. The molecule has 2 aromatic carbocycles. The number of hydrogen-bond acceptors (Lipinski definition) is 7. The van der Waals surface area contributed by atoms with Gasteiger partial charge in [0.15, 0.2) is 0 Å². The van der Waals surface area contributed by atoms with E-state index in [9.17, 15) is 9.90 Å². The van der Waals surface area contributed by atoms with Gasteiger partial charge in [-0.15, -0.1) is 5.10 Å². The van der Waals surface area contributed by atoms with Gasteiger partial charge in [0, 0.05) is 21.9 Å². The third-order valence-electron chi connectivity index (χ3n) is 6.95. The number of aromatic amines is 1. The number of nitrogens with zero attached hydrogens (tertiary/aromatic N) is 3. The van der Waals surface area contributed by atoms with Gasteiger partial charge in [0.2, 0.25) is 5.89 Å². The molecule has 2 aliphatic rings. The van der Waals surface area contributed by atoms with Crippen LogP contribution in [0.1, 0.15) is 54.3 Å². The zero-order chi connectivity index (χ0) is 24.1. The maximum Gasteiger partial charge on any atom is 0.434 e. The number of aryl methyl sites for hydroxylation is 1. The monoisotopic (exact) mass is 504 g/mol. The van der Waals surface area contributed by atoms with E-state index >= 15 is 4.39 Å². The summed E-state index contributed by atoms with van der Waals surface area (Å²) in [5.41, 5.74) is 3.42. The third-order valence-corrected chi connectivity index (χ3v) is 8.30. The minimum Gasteiger partial charge on any atom is -0.393 e. The van der Waals surface area contributed by atoms with E-state index in [2.05, 4.69) is 19.4 Å². The second-order valence-electron chi connectivity index (χ2n) is 9.10. The molecule has 2 heterocycles. The molecule has 34 heavy (non-hydrogen) atoms. The van der Waals surface area contributed by atoms with Gasteiger partial charge in [-0.2, -0.15) is 0 Å². The van der Waals surface area contributed by atoms with Gasteiger partial charge in [-0.25, -0.2) is 18.6 Å². The van der Waals surface area contributed by atoms with E-state index in [1.54, 1.807) is 6.07 Å². The molecule has 0 bridgehead atoms. The first-order chi connectivity index (χ1) is 16.2. The number of fused-ring (bicyclic) bond motifs is 1. The van der Waals surface area contributed by atoms with Crippen molar-refractivity contribution in [2.24, 2.45) is 0 Å². The van der Waals surface area contributed by atoms with E-state index in [-0.39, 0.29) is 29.8 Å². The lowest BCUT2D eigenvalue weighted by molar-refractivity contribution is 0.0689. The van der Waals surface area contributed by atoms with Crippen LogP contribution in [0.2, 0.25) is 5.02 Å². The second kappa shape index (κ2) is 9.03. The van der Waals surface area contributed by atoms with Crippen LogP contribution in [0.4, 0.5) is 10.1 Å². The van der Waals surface area contributed by atoms with E-state index in [0.29, 0.717) is 30.1 Å². The summed E-state index contributed by atoms with van der Waals surface area (Å²) in [6.07, 6.45) is 1.00. The van der Waals surface area contributed by atoms with Gasteiger partial charge in [0.25, 0.3) is 0 Å². The van der Waals surface area contributed by atoms with E-state index < -0.39 is 11.8 Å². The van der Waals surface area contributed by atoms with Gasteiger partial charge in [-0.1, -0.05) is 24.6 Å². The minimum atomic E-state index is -0.651. The Morgan fingerprint density at radius 2 is 2.06 bits per heavy atom. The number of halogens is 2. The second-order valence-corrected chi connectivity index (χ2v) is 10.6. The summed E-state index contributed by atoms with van der Waals surface area (Å²) in [5, 5.41) is 17.1. The molecule has 180 valence electrons. The first kappa shape index (κ1) is 23.4. The van der Waals surface area contributed by atoms with Crippen LogP contribution < -0.4 is 10.7 Å². The number of rotatable bonds is 5. The predicted molar refractivity (Wildman–Crippen MR) is 130 cm³/mol. The summed E-state index contributed by atoms with van der Waals surface area (Å²) in [6, 6.07) is 8.59. The Kier molecular flexibility index (Phi) is 6.22. The molecule has 2 atom stereocenters. The molecule has 1 fully saturated rings. The fourth-order valence-corrected chi connectivity index (χ4v) is 6.31. The van der Waals surface area contributed by atoms with E-state index in [0.717, 1.165) is 21.7 Å². The average molecular weight is 505 g/mol. The van der Waals surface area contributed by atoms with Crippen molar-refractivity contribution in [2.75, 3.05) is 11.6 Å². The Labute approximate surface area is 206 Å². The highest BCUT2D eigenvalue weighted by Gasteiger charge is 2.42. The lowest BCUT2D eigenvalue weighted by atomic mass is 9.87. The van der Waals surface area contributed by atoms with E-state index in [4.69, 9.17) is 16.0 Å². The van der Waals surface area contributed by atoms with Crippen molar-refractivity contribution in [3.05, 3.63) is 74.3 Å². The largest absolute Gasteiger partial charge is 0.434 e. The number of H-pyrrole nitrogens is 1. The van der Waals surface area contributed by atoms with Crippen molar-refractivity contribution < 1.29 is 13.9 Å². The summed E-state index contributed by atoms with van der Waals surface area (Å²) in [5.74, 6) is -1.12. The van der Waals surface area contributed by atoms with Crippen molar-refractivity contribution >= 4 is 29.2 Å². The van der Waals surface area contributed by atoms with Gasteiger partial charge in [0.1, 0.15) is 11.9 Å². The van der Waals surface area contributed by atoms with Crippen molar-refractivity contribution in [3.63, 3.8) is 0 Å². The van der Waals surface area contributed by atoms with Gasteiger partial charge in [-0.05, 0) is 79.6 Å². The Morgan fingerprint density at radius 3 is 2.74 bits per heavy atom. The SMILES string of the molecule is Cc1ccc(F)c([C@@H](C)[C@@H](c2n[nH]c(=O)o2)N2CN(C3CC(O)C3)c3cc(Cl)ccc3S2)c1C. The first-order valence-electron chi connectivity index (χ1n) is 11.2.